The molecular formula is C38H42N4O5S. The Morgan fingerprint density at radius 2 is 1.98 bits per heavy atom. The quantitative estimate of drug-likeness (QED) is 0.235. The van der Waals surface area contributed by atoms with Crippen LogP contribution in [0.3, 0.4) is 0 Å². The third-order valence-corrected chi connectivity index (χ3v) is 12.3. The number of aromatic nitrogens is 2. The highest BCUT2D eigenvalue weighted by molar-refractivity contribution is 7.91. The molecule has 0 radical (unpaired) electrons. The third kappa shape index (κ3) is 5.76. The molecule has 2 atom stereocenters. The molecule has 0 bridgehead atoms. The number of benzene rings is 2. The molecule has 4 heterocycles. The fourth-order valence-electron chi connectivity index (χ4n) is 7.21. The van der Waals surface area contributed by atoms with Crippen LogP contribution in [0.4, 0.5) is 0 Å². The van der Waals surface area contributed by atoms with Crippen LogP contribution >= 0.6 is 0 Å². The molecule has 2 aromatic heterocycles. The van der Waals surface area contributed by atoms with E-state index in [1.807, 2.05) is 55.6 Å². The summed E-state index contributed by atoms with van der Waals surface area (Å²) in [6.07, 6.45) is 11.3. The van der Waals surface area contributed by atoms with Crippen molar-refractivity contribution >= 4 is 32.5 Å². The number of ether oxygens (including phenoxy) is 2. The zero-order chi connectivity index (χ0) is 33.6. The van der Waals surface area contributed by atoms with Crippen molar-refractivity contribution in [2.24, 2.45) is 5.92 Å². The lowest BCUT2D eigenvalue weighted by atomic mass is 9.89. The van der Waals surface area contributed by atoms with Crippen LogP contribution in [0.2, 0.25) is 0 Å². The Hall–Kier alpha value is -4.25. The van der Waals surface area contributed by atoms with Crippen molar-refractivity contribution in [2.75, 3.05) is 47.5 Å². The van der Waals surface area contributed by atoms with Crippen molar-refractivity contribution in [1.82, 2.24) is 18.8 Å². The molecular weight excluding hydrogens is 625 g/mol. The summed E-state index contributed by atoms with van der Waals surface area (Å²) < 4.78 is 40.7. The van der Waals surface area contributed by atoms with Crippen molar-refractivity contribution < 1.29 is 22.7 Å². The van der Waals surface area contributed by atoms with Crippen LogP contribution < -0.4 is 4.74 Å². The van der Waals surface area contributed by atoms with Crippen LogP contribution in [0, 0.1) is 5.92 Å². The SMILES string of the molecule is COc1cc(C2=CC(C)(S(=O)(=O)n3cc(-c4ccc(C(=O)N(C)CC5CCOC5)cc4)c4cccnc43)CC=C2)cc2c1CN(C)CC2. The number of pyridine rings is 1. The highest BCUT2D eigenvalue weighted by Crippen LogP contribution is 2.40. The lowest BCUT2D eigenvalue weighted by molar-refractivity contribution is 0.0766. The number of hydrogen-bond donors (Lipinski definition) is 0. The molecule has 2 aromatic carbocycles. The summed E-state index contributed by atoms with van der Waals surface area (Å²) in [7, 11) is 1.63. The second-order valence-electron chi connectivity index (χ2n) is 13.5. The molecule has 0 N–H and O–H groups in total. The molecule has 4 aromatic rings. The molecule has 3 aliphatic rings. The number of rotatable bonds is 8. The number of methoxy groups -OCH3 is 1. The van der Waals surface area contributed by atoms with Gasteiger partial charge in [0.25, 0.3) is 5.91 Å². The summed E-state index contributed by atoms with van der Waals surface area (Å²) in [5.74, 6) is 1.13. The van der Waals surface area contributed by atoms with Crippen molar-refractivity contribution in [2.45, 2.75) is 37.5 Å². The van der Waals surface area contributed by atoms with Crippen LogP contribution in [0.15, 0.2) is 79.2 Å². The number of fused-ring (bicyclic) bond motifs is 2. The fourth-order valence-corrected chi connectivity index (χ4v) is 8.86. The van der Waals surface area contributed by atoms with E-state index in [9.17, 15) is 13.2 Å². The first-order chi connectivity index (χ1) is 23.1. The largest absolute Gasteiger partial charge is 0.496 e. The summed E-state index contributed by atoms with van der Waals surface area (Å²) in [5.41, 5.74) is 6.72. The molecule has 0 spiro atoms. The van der Waals surface area contributed by atoms with Crippen LogP contribution in [0.1, 0.15) is 46.8 Å². The third-order valence-electron chi connectivity index (χ3n) is 10.1. The molecule has 10 heteroatoms. The van der Waals surface area contributed by atoms with Crippen molar-refractivity contribution in [1.29, 1.82) is 0 Å². The van der Waals surface area contributed by atoms with E-state index in [0.717, 1.165) is 65.9 Å². The van der Waals surface area contributed by atoms with Gasteiger partial charge < -0.3 is 19.3 Å². The van der Waals surface area contributed by atoms with Crippen LogP contribution in [-0.4, -0.2) is 85.3 Å². The maximum absolute atomic E-state index is 14.7. The second-order valence-corrected chi connectivity index (χ2v) is 15.8. The number of likely N-dealkylation sites (N-methyl/N-ethyl adjacent to an activating group) is 1. The molecule has 1 aliphatic carbocycles. The summed E-state index contributed by atoms with van der Waals surface area (Å²) >= 11 is 0. The van der Waals surface area contributed by atoms with E-state index in [1.54, 1.807) is 43.5 Å². The molecule has 1 fully saturated rings. The number of allylic oxidation sites excluding steroid dienone is 3. The van der Waals surface area contributed by atoms with Crippen LogP contribution in [0.25, 0.3) is 27.7 Å². The molecule has 1 amide bonds. The van der Waals surface area contributed by atoms with Gasteiger partial charge in [-0.3, -0.25) is 4.79 Å². The summed E-state index contributed by atoms with van der Waals surface area (Å²) in [4.78, 5) is 21.7. The van der Waals surface area contributed by atoms with Gasteiger partial charge in [-0.25, -0.2) is 17.4 Å². The Morgan fingerprint density at radius 1 is 1.17 bits per heavy atom. The van der Waals surface area contributed by atoms with Gasteiger partial charge in [-0.2, -0.15) is 0 Å². The lowest BCUT2D eigenvalue weighted by Gasteiger charge is -2.30. The smallest absolute Gasteiger partial charge is 0.253 e. The lowest BCUT2D eigenvalue weighted by Crippen LogP contribution is -2.38. The predicted octanol–water partition coefficient (Wildman–Crippen LogP) is 5.79. The van der Waals surface area contributed by atoms with Crippen LogP contribution in [-0.2, 0) is 27.7 Å². The zero-order valence-corrected chi connectivity index (χ0v) is 28.8. The monoisotopic (exact) mass is 666 g/mol. The van der Waals surface area contributed by atoms with E-state index in [2.05, 4.69) is 23.0 Å². The van der Waals surface area contributed by atoms with Gasteiger partial charge in [0.15, 0.2) is 5.65 Å². The van der Waals surface area contributed by atoms with E-state index >= 15 is 0 Å². The van der Waals surface area contributed by atoms with Gasteiger partial charge in [0.1, 0.15) is 10.5 Å². The highest BCUT2D eigenvalue weighted by Gasteiger charge is 2.41. The summed E-state index contributed by atoms with van der Waals surface area (Å²) in [5, 5.41) is 0.724. The van der Waals surface area contributed by atoms with E-state index < -0.39 is 14.8 Å². The Morgan fingerprint density at radius 3 is 2.73 bits per heavy atom. The Labute approximate surface area is 282 Å². The first kappa shape index (κ1) is 32.3. The molecule has 9 nitrogen and oxygen atoms in total. The highest BCUT2D eigenvalue weighted by atomic mass is 32.2. The van der Waals surface area contributed by atoms with Gasteiger partial charge in [-0.1, -0.05) is 36.4 Å². The average Bonchev–Trinajstić information content (AvgIpc) is 3.76. The maximum atomic E-state index is 14.7. The molecule has 0 saturated carbocycles. The van der Waals surface area contributed by atoms with E-state index in [-0.39, 0.29) is 5.91 Å². The molecule has 250 valence electrons. The van der Waals surface area contributed by atoms with Gasteiger partial charge >= 0.3 is 0 Å². The average molecular weight is 667 g/mol. The fraction of sp³-hybridized carbons (Fsp3) is 0.368. The minimum absolute atomic E-state index is 0.0510. The van der Waals surface area contributed by atoms with Gasteiger partial charge in [-0.15, -0.1) is 0 Å². The first-order valence-corrected chi connectivity index (χ1v) is 17.9. The van der Waals surface area contributed by atoms with Gasteiger partial charge in [0, 0.05) is 73.7 Å². The number of amides is 1. The Bertz CT molecular complexity index is 2030. The second kappa shape index (κ2) is 12.7. The first-order valence-electron chi connectivity index (χ1n) is 16.5. The van der Waals surface area contributed by atoms with Crippen molar-refractivity contribution in [3.63, 3.8) is 0 Å². The zero-order valence-electron chi connectivity index (χ0n) is 28.0. The van der Waals surface area contributed by atoms with E-state index in [4.69, 9.17) is 9.47 Å². The summed E-state index contributed by atoms with van der Waals surface area (Å²) in [6, 6.07) is 15.3. The Balaban J connectivity index is 1.21. The molecule has 2 unspecified atom stereocenters. The van der Waals surface area contributed by atoms with Gasteiger partial charge in [0.2, 0.25) is 10.0 Å². The number of carbonyl (C=O) groups excluding carboxylic acids is 1. The number of carbonyl (C=O) groups is 1. The standard InChI is InChI=1S/C38H42N4O5S/c1-38(15-5-7-30(21-38)31-19-29-13-17-40(2)23-34(29)35(20-31)46-4)48(44,45)42-24-33(32-8-6-16-39-36(32)42)27-9-11-28(12-10-27)37(43)41(3)22-26-14-18-47-25-26/h5-12,16,19-21,24,26H,13-15,17-18,22-23,25H2,1-4H3. The van der Waals surface area contributed by atoms with Gasteiger partial charge in [-0.05, 0) is 85.8 Å². The van der Waals surface area contributed by atoms with E-state index in [1.165, 1.54) is 15.1 Å². The summed E-state index contributed by atoms with van der Waals surface area (Å²) in [6.45, 7) is 5.64. The van der Waals surface area contributed by atoms with Gasteiger partial charge in [0.05, 0.1) is 13.7 Å². The maximum Gasteiger partial charge on any atom is 0.253 e. The molecule has 7 rings (SSSR count). The number of nitrogens with zero attached hydrogens (tertiary/aromatic N) is 4. The predicted molar refractivity (Wildman–Crippen MR) is 189 cm³/mol. The Kier molecular flexibility index (Phi) is 8.51. The van der Waals surface area contributed by atoms with Crippen molar-refractivity contribution in [3.05, 3.63) is 101 Å². The van der Waals surface area contributed by atoms with Crippen molar-refractivity contribution in [3.8, 4) is 16.9 Å². The number of hydrogen-bond acceptors (Lipinski definition) is 7. The molecule has 48 heavy (non-hydrogen) atoms. The molecule has 2 aliphatic heterocycles. The molecule has 1 saturated heterocycles. The minimum atomic E-state index is -3.98. The topological polar surface area (TPSA) is 94.0 Å². The normalized spacial score (nSPS) is 21.2. The minimum Gasteiger partial charge on any atom is -0.496 e. The van der Waals surface area contributed by atoms with Crippen LogP contribution in [0.5, 0.6) is 5.75 Å². The van der Waals surface area contributed by atoms with E-state index in [0.29, 0.717) is 36.7 Å².